The Labute approximate surface area is 102 Å². The van der Waals surface area contributed by atoms with Crippen molar-refractivity contribution < 1.29 is 0 Å². The lowest BCUT2D eigenvalue weighted by atomic mass is 9.97. The zero-order valence-corrected chi connectivity index (χ0v) is 10.6. The van der Waals surface area contributed by atoms with Gasteiger partial charge in [-0.05, 0) is 35.4 Å². The molecular weight excluding hydrogens is 212 g/mol. The van der Waals surface area contributed by atoms with Gasteiger partial charge in [-0.1, -0.05) is 48.5 Å². The maximum atomic E-state index is 2.22. The molecule has 0 unspecified atom stereocenters. The van der Waals surface area contributed by atoms with Gasteiger partial charge in [0.15, 0.2) is 0 Å². The van der Waals surface area contributed by atoms with Gasteiger partial charge in [-0.25, -0.2) is 0 Å². The van der Waals surface area contributed by atoms with Crippen LogP contribution in [0.3, 0.4) is 0 Å². The van der Waals surface area contributed by atoms with Crippen LogP contribution in [0.5, 0.6) is 0 Å². The van der Waals surface area contributed by atoms with Crippen molar-refractivity contribution in [2.75, 3.05) is 6.26 Å². The molecule has 0 atom stereocenters. The Balaban J connectivity index is 2.51. The second-order valence-corrected chi connectivity index (χ2v) is 4.77. The first-order valence-electron chi connectivity index (χ1n) is 5.46. The van der Waals surface area contributed by atoms with Gasteiger partial charge in [-0.3, -0.25) is 0 Å². The van der Waals surface area contributed by atoms with Crippen molar-refractivity contribution in [3.63, 3.8) is 0 Å². The van der Waals surface area contributed by atoms with Gasteiger partial charge in [0.25, 0.3) is 0 Å². The van der Waals surface area contributed by atoms with Crippen molar-refractivity contribution in [3.8, 4) is 11.1 Å². The monoisotopic (exact) mass is 228 g/mol. The molecular formula is C15H16S. The molecule has 1 heteroatoms. The molecule has 0 aliphatic carbocycles. The summed E-state index contributed by atoms with van der Waals surface area (Å²) < 4.78 is 0. The Hall–Kier alpha value is -1.21. The van der Waals surface area contributed by atoms with Gasteiger partial charge < -0.3 is 0 Å². The van der Waals surface area contributed by atoms with Gasteiger partial charge >= 0.3 is 0 Å². The maximum absolute atomic E-state index is 2.22. The number of hydrogen-bond acceptors (Lipinski definition) is 1. The molecule has 0 N–H and O–H groups in total. The van der Waals surface area contributed by atoms with Gasteiger partial charge in [0.2, 0.25) is 0 Å². The molecule has 0 fully saturated rings. The number of aryl methyl sites for hydroxylation is 1. The van der Waals surface area contributed by atoms with E-state index in [4.69, 9.17) is 0 Å². The average molecular weight is 228 g/mol. The number of thioether (sulfide) groups is 1. The summed E-state index contributed by atoms with van der Waals surface area (Å²) in [4.78, 5) is 0. The molecule has 0 amide bonds. The highest BCUT2D eigenvalue weighted by Crippen LogP contribution is 2.28. The molecule has 0 saturated carbocycles. The van der Waals surface area contributed by atoms with E-state index in [1.54, 1.807) is 0 Å². The molecule has 0 aliphatic rings. The Morgan fingerprint density at radius 2 is 1.50 bits per heavy atom. The highest BCUT2D eigenvalue weighted by atomic mass is 32.2. The van der Waals surface area contributed by atoms with E-state index in [0.717, 1.165) is 5.75 Å². The third-order valence-corrected chi connectivity index (χ3v) is 3.35. The zero-order valence-electron chi connectivity index (χ0n) is 9.73. The molecule has 0 saturated heterocycles. The predicted molar refractivity (Wildman–Crippen MR) is 73.8 cm³/mol. The Morgan fingerprint density at radius 3 is 2.19 bits per heavy atom. The lowest BCUT2D eigenvalue weighted by Gasteiger charge is -2.10. The normalized spacial score (nSPS) is 10.4. The fraction of sp³-hybridized carbons (Fsp3) is 0.200. The van der Waals surface area contributed by atoms with Crippen molar-refractivity contribution in [2.24, 2.45) is 0 Å². The van der Waals surface area contributed by atoms with E-state index in [-0.39, 0.29) is 0 Å². The first-order chi connectivity index (χ1) is 7.83. The fourth-order valence-electron chi connectivity index (χ4n) is 1.94. The summed E-state index contributed by atoms with van der Waals surface area (Å²) >= 11 is 1.87. The van der Waals surface area contributed by atoms with Crippen LogP contribution >= 0.6 is 11.8 Å². The van der Waals surface area contributed by atoms with Crippen molar-refractivity contribution in [1.82, 2.24) is 0 Å². The van der Waals surface area contributed by atoms with Crippen LogP contribution in [0.25, 0.3) is 11.1 Å². The highest BCUT2D eigenvalue weighted by molar-refractivity contribution is 7.97. The summed E-state index contributed by atoms with van der Waals surface area (Å²) in [6, 6.07) is 17.2. The second kappa shape index (κ2) is 5.22. The number of rotatable bonds is 3. The molecule has 2 aromatic rings. The minimum absolute atomic E-state index is 1.07. The summed E-state index contributed by atoms with van der Waals surface area (Å²) in [7, 11) is 0. The molecule has 0 aliphatic heterocycles. The van der Waals surface area contributed by atoms with Gasteiger partial charge in [0, 0.05) is 5.75 Å². The minimum Gasteiger partial charge on any atom is -0.161 e. The van der Waals surface area contributed by atoms with Crippen molar-refractivity contribution in [1.29, 1.82) is 0 Å². The maximum Gasteiger partial charge on any atom is 0.0187 e. The third-order valence-electron chi connectivity index (χ3n) is 2.75. The van der Waals surface area contributed by atoms with E-state index >= 15 is 0 Å². The Morgan fingerprint density at radius 1 is 0.875 bits per heavy atom. The van der Waals surface area contributed by atoms with Gasteiger partial charge in [0.05, 0.1) is 0 Å². The zero-order chi connectivity index (χ0) is 11.4. The predicted octanol–water partition coefficient (Wildman–Crippen LogP) is 4.53. The van der Waals surface area contributed by atoms with Gasteiger partial charge in [-0.15, -0.1) is 0 Å². The number of hydrogen-bond donors (Lipinski definition) is 0. The third kappa shape index (κ3) is 2.30. The Bertz CT molecular complexity index is 474. The van der Waals surface area contributed by atoms with Gasteiger partial charge in [-0.2, -0.15) is 11.8 Å². The summed E-state index contributed by atoms with van der Waals surface area (Å²) in [6.07, 6.45) is 2.15. The largest absolute Gasteiger partial charge is 0.161 e. The van der Waals surface area contributed by atoms with Crippen LogP contribution in [0.15, 0.2) is 48.5 Å². The summed E-state index contributed by atoms with van der Waals surface area (Å²) in [5, 5.41) is 0. The molecule has 0 nitrogen and oxygen atoms in total. The molecule has 0 spiro atoms. The molecule has 0 aromatic heterocycles. The van der Waals surface area contributed by atoms with Crippen molar-refractivity contribution in [3.05, 3.63) is 59.7 Å². The van der Waals surface area contributed by atoms with Crippen LogP contribution in [-0.2, 0) is 5.75 Å². The SMILES string of the molecule is CSCc1ccccc1-c1ccccc1C. The smallest absolute Gasteiger partial charge is 0.0187 e. The van der Waals surface area contributed by atoms with Crippen LogP contribution in [0.2, 0.25) is 0 Å². The lowest BCUT2D eigenvalue weighted by molar-refractivity contribution is 1.38. The number of benzene rings is 2. The minimum atomic E-state index is 1.07. The van der Waals surface area contributed by atoms with E-state index in [0.29, 0.717) is 0 Å². The molecule has 2 aromatic carbocycles. The summed E-state index contributed by atoms with van der Waals surface area (Å²) in [5.74, 6) is 1.07. The molecule has 0 heterocycles. The van der Waals surface area contributed by atoms with Crippen LogP contribution in [0.4, 0.5) is 0 Å². The van der Waals surface area contributed by atoms with Crippen LogP contribution in [0, 0.1) is 6.92 Å². The van der Waals surface area contributed by atoms with Crippen molar-refractivity contribution in [2.45, 2.75) is 12.7 Å². The highest BCUT2D eigenvalue weighted by Gasteiger charge is 2.05. The fourth-order valence-corrected chi connectivity index (χ4v) is 2.50. The Kier molecular flexibility index (Phi) is 3.68. The first kappa shape index (κ1) is 11.3. The van der Waals surface area contributed by atoms with E-state index in [2.05, 4.69) is 61.7 Å². The van der Waals surface area contributed by atoms with Gasteiger partial charge in [0.1, 0.15) is 0 Å². The van der Waals surface area contributed by atoms with E-state index in [9.17, 15) is 0 Å². The summed E-state index contributed by atoms with van der Waals surface area (Å²) in [5.41, 5.74) is 5.49. The summed E-state index contributed by atoms with van der Waals surface area (Å²) in [6.45, 7) is 2.17. The first-order valence-corrected chi connectivity index (χ1v) is 6.85. The van der Waals surface area contributed by atoms with Crippen molar-refractivity contribution >= 4 is 11.8 Å². The second-order valence-electron chi connectivity index (χ2n) is 3.91. The molecule has 82 valence electrons. The van der Waals surface area contributed by atoms with Crippen LogP contribution in [0.1, 0.15) is 11.1 Å². The van der Waals surface area contributed by atoms with Crippen LogP contribution < -0.4 is 0 Å². The topological polar surface area (TPSA) is 0 Å². The molecule has 0 radical (unpaired) electrons. The van der Waals surface area contributed by atoms with E-state index < -0.39 is 0 Å². The molecule has 16 heavy (non-hydrogen) atoms. The average Bonchev–Trinajstić information content (AvgIpc) is 2.31. The molecule has 0 bridgehead atoms. The molecule has 2 rings (SSSR count). The standard InChI is InChI=1S/C15H16S/c1-12-7-3-5-9-14(12)15-10-6-4-8-13(15)11-16-2/h3-10H,11H2,1-2H3. The van der Waals surface area contributed by atoms with E-state index in [1.165, 1.54) is 22.3 Å². The van der Waals surface area contributed by atoms with E-state index in [1.807, 2.05) is 11.8 Å². The lowest BCUT2D eigenvalue weighted by Crippen LogP contribution is -1.89. The van der Waals surface area contributed by atoms with Crippen LogP contribution in [-0.4, -0.2) is 6.26 Å². The quantitative estimate of drug-likeness (QED) is 0.744.